The summed E-state index contributed by atoms with van der Waals surface area (Å²) in [5.41, 5.74) is 2.43. The Labute approximate surface area is 74.3 Å². The van der Waals surface area contributed by atoms with Crippen LogP contribution in [0.3, 0.4) is 0 Å². The fourth-order valence-electron chi connectivity index (χ4n) is 1.18. The number of rotatable bonds is 2. The molecule has 0 atom stereocenters. The van der Waals surface area contributed by atoms with Crippen LogP contribution in [0.25, 0.3) is 0 Å². The van der Waals surface area contributed by atoms with E-state index >= 15 is 0 Å². The van der Waals surface area contributed by atoms with Crippen LogP contribution in [0.2, 0.25) is 0 Å². The number of allylic oxidation sites excluding steroid dienone is 9. The van der Waals surface area contributed by atoms with Crippen LogP contribution in [-0.2, 0) is 0 Å². The van der Waals surface area contributed by atoms with Gasteiger partial charge >= 0.3 is 0 Å². The van der Waals surface area contributed by atoms with E-state index in [2.05, 4.69) is 37.0 Å². The van der Waals surface area contributed by atoms with E-state index in [4.69, 9.17) is 0 Å². The van der Waals surface area contributed by atoms with E-state index in [0.29, 0.717) is 0 Å². The van der Waals surface area contributed by atoms with E-state index < -0.39 is 0 Å². The quantitative estimate of drug-likeness (QED) is 0.576. The lowest BCUT2D eigenvalue weighted by molar-refractivity contribution is 1.40. The molecule has 1 aliphatic rings. The molecule has 0 radical (unpaired) electrons. The largest absolute Gasteiger partial charge is 0.0984 e. The fraction of sp³-hybridized carbons (Fsp3) is 0.167. The Hall–Kier alpha value is -1.30. The highest BCUT2D eigenvalue weighted by Gasteiger charge is 1.95. The third-order valence-electron chi connectivity index (χ3n) is 1.77. The van der Waals surface area contributed by atoms with Gasteiger partial charge in [-0.1, -0.05) is 49.1 Å². The predicted octanol–water partition coefficient (Wildman–Crippen LogP) is 3.56. The molecule has 0 nitrogen and oxygen atoms in total. The molecule has 0 fully saturated rings. The van der Waals surface area contributed by atoms with E-state index in [-0.39, 0.29) is 0 Å². The summed E-state index contributed by atoms with van der Waals surface area (Å²) < 4.78 is 0. The van der Waals surface area contributed by atoms with Gasteiger partial charge in [-0.15, -0.1) is 0 Å². The van der Waals surface area contributed by atoms with Gasteiger partial charge in [-0.2, -0.15) is 0 Å². The van der Waals surface area contributed by atoms with E-state index in [1.54, 1.807) is 0 Å². The molecule has 12 heavy (non-hydrogen) atoms. The molecule has 0 spiro atoms. The SMILES string of the molecule is C=CC1=C(/C=C\C)C=CCC=C1. The molecular formula is C12H14. The monoisotopic (exact) mass is 158 g/mol. The van der Waals surface area contributed by atoms with Crippen molar-refractivity contribution in [3.8, 4) is 0 Å². The first-order valence-electron chi connectivity index (χ1n) is 4.21. The maximum absolute atomic E-state index is 3.78. The first-order valence-corrected chi connectivity index (χ1v) is 4.21. The zero-order valence-electron chi connectivity index (χ0n) is 7.46. The second-order valence-electron chi connectivity index (χ2n) is 2.66. The molecule has 0 N–H and O–H groups in total. The van der Waals surface area contributed by atoms with E-state index in [0.717, 1.165) is 6.42 Å². The van der Waals surface area contributed by atoms with Crippen LogP contribution in [0, 0.1) is 0 Å². The molecule has 0 saturated carbocycles. The Kier molecular flexibility index (Phi) is 3.34. The van der Waals surface area contributed by atoms with Crippen molar-refractivity contribution in [2.75, 3.05) is 0 Å². The highest BCUT2D eigenvalue weighted by Crippen LogP contribution is 2.14. The van der Waals surface area contributed by atoms with Crippen molar-refractivity contribution in [2.45, 2.75) is 13.3 Å². The van der Waals surface area contributed by atoms with Crippen LogP contribution in [0.4, 0.5) is 0 Å². The van der Waals surface area contributed by atoms with Gasteiger partial charge in [0, 0.05) is 0 Å². The Balaban J connectivity index is 3.06. The molecule has 0 saturated heterocycles. The summed E-state index contributed by atoms with van der Waals surface area (Å²) in [7, 11) is 0. The maximum Gasteiger partial charge on any atom is -0.0162 e. The maximum atomic E-state index is 3.78. The standard InChI is InChI=1S/C12H14/c1-3-8-12-10-7-5-6-9-11(12)4-2/h3-4,6-10H,2,5H2,1H3/b8-3-. The van der Waals surface area contributed by atoms with E-state index in [1.807, 2.05) is 19.1 Å². The lowest BCUT2D eigenvalue weighted by Gasteiger charge is -1.96. The summed E-state index contributed by atoms with van der Waals surface area (Å²) in [4.78, 5) is 0. The van der Waals surface area contributed by atoms with Gasteiger partial charge in [0.25, 0.3) is 0 Å². The highest BCUT2D eigenvalue weighted by molar-refractivity contribution is 5.47. The molecule has 1 rings (SSSR count). The second-order valence-corrected chi connectivity index (χ2v) is 2.66. The molecule has 0 amide bonds. The molecule has 0 aliphatic heterocycles. The van der Waals surface area contributed by atoms with Gasteiger partial charge in [-0.3, -0.25) is 0 Å². The minimum Gasteiger partial charge on any atom is -0.0984 e. The van der Waals surface area contributed by atoms with Crippen LogP contribution in [-0.4, -0.2) is 0 Å². The summed E-state index contributed by atoms with van der Waals surface area (Å²) in [6, 6.07) is 0. The molecule has 0 aromatic rings. The molecular weight excluding hydrogens is 144 g/mol. The zero-order valence-corrected chi connectivity index (χ0v) is 7.46. The molecule has 0 bridgehead atoms. The van der Waals surface area contributed by atoms with Crippen LogP contribution in [0.5, 0.6) is 0 Å². The minimum atomic E-state index is 1.01. The van der Waals surface area contributed by atoms with Crippen LogP contribution < -0.4 is 0 Å². The van der Waals surface area contributed by atoms with Gasteiger partial charge in [0.2, 0.25) is 0 Å². The molecule has 62 valence electrons. The van der Waals surface area contributed by atoms with Gasteiger partial charge in [-0.25, -0.2) is 0 Å². The number of hydrogen-bond donors (Lipinski definition) is 0. The molecule has 0 aromatic heterocycles. The van der Waals surface area contributed by atoms with Gasteiger partial charge in [0.05, 0.1) is 0 Å². The summed E-state index contributed by atoms with van der Waals surface area (Å²) >= 11 is 0. The Morgan fingerprint density at radius 3 is 2.50 bits per heavy atom. The Morgan fingerprint density at radius 2 is 1.92 bits per heavy atom. The molecule has 0 unspecified atom stereocenters. The predicted molar refractivity (Wildman–Crippen MR) is 54.9 cm³/mol. The summed E-state index contributed by atoms with van der Waals surface area (Å²) in [6.07, 6.45) is 15.6. The van der Waals surface area contributed by atoms with Gasteiger partial charge in [0.15, 0.2) is 0 Å². The van der Waals surface area contributed by atoms with E-state index in [9.17, 15) is 0 Å². The molecule has 0 aromatic carbocycles. The average Bonchev–Trinajstić information content (AvgIpc) is 2.30. The summed E-state index contributed by atoms with van der Waals surface area (Å²) in [6.45, 7) is 5.81. The van der Waals surface area contributed by atoms with Crippen molar-refractivity contribution in [3.05, 3.63) is 60.3 Å². The van der Waals surface area contributed by atoms with Crippen molar-refractivity contribution in [1.29, 1.82) is 0 Å². The lowest BCUT2D eigenvalue weighted by Crippen LogP contribution is -1.77. The first kappa shape index (κ1) is 8.79. The Bertz CT molecular complexity index is 272. The first-order chi connectivity index (χ1) is 5.88. The van der Waals surface area contributed by atoms with Crippen molar-refractivity contribution in [2.24, 2.45) is 0 Å². The van der Waals surface area contributed by atoms with Crippen molar-refractivity contribution >= 4 is 0 Å². The molecule has 1 aliphatic carbocycles. The average molecular weight is 158 g/mol. The van der Waals surface area contributed by atoms with Gasteiger partial charge in [0.1, 0.15) is 0 Å². The van der Waals surface area contributed by atoms with Crippen LogP contribution in [0.1, 0.15) is 13.3 Å². The number of hydrogen-bond acceptors (Lipinski definition) is 0. The van der Waals surface area contributed by atoms with Gasteiger partial charge in [-0.05, 0) is 24.5 Å². The summed E-state index contributed by atoms with van der Waals surface area (Å²) in [5.74, 6) is 0. The van der Waals surface area contributed by atoms with Crippen molar-refractivity contribution < 1.29 is 0 Å². The van der Waals surface area contributed by atoms with Crippen LogP contribution in [0.15, 0.2) is 60.3 Å². The molecule has 0 heterocycles. The van der Waals surface area contributed by atoms with Crippen LogP contribution >= 0.6 is 0 Å². The minimum absolute atomic E-state index is 1.01. The molecule has 0 heteroatoms. The normalized spacial score (nSPS) is 17.1. The van der Waals surface area contributed by atoms with Crippen molar-refractivity contribution in [3.63, 3.8) is 0 Å². The van der Waals surface area contributed by atoms with E-state index in [1.165, 1.54) is 11.1 Å². The smallest absolute Gasteiger partial charge is 0.0162 e. The van der Waals surface area contributed by atoms with Gasteiger partial charge < -0.3 is 0 Å². The summed E-state index contributed by atoms with van der Waals surface area (Å²) in [5, 5.41) is 0. The fourth-order valence-corrected chi connectivity index (χ4v) is 1.18. The highest BCUT2D eigenvalue weighted by atomic mass is 14.0. The zero-order chi connectivity index (χ0) is 8.81. The Morgan fingerprint density at radius 1 is 1.25 bits per heavy atom. The third-order valence-corrected chi connectivity index (χ3v) is 1.77. The lowest BCUT2D eigenvalue weighted by atomic mass is 10.1. The second kappa shape index (κ2) is 4.55. The third kappa shape index (κ3) is 2.09. The van der Waals surface area contributed by atoms with Crippen molar-refractivity contribution in [1.82, 2.24) is 0 Å². The topological polar surface area (TPSA) is 0 Å².